The molecule has 0 atom stereocenters. The van der Waals surface area contributed by atoms with Gasteiger partial charge in [0.25, 0.3) is 5.91 Å². The van der Waals surface area contributed by atoms with Gasteiger partial charge in [-0.25, -0.2) is 14.4 Å². The maximum atomic E-state index is 13.6. The third-order valence-corrected chi connectivity index (χ3v) is 6.05. The number of carbonyl (C=O) groups excluding carboxylic acids is 1. The molecule has 4 aromatic rings. The number of H-pyrrole nitrogens is 1. The van der Waals surface area contributed by atoms with Crippen LogP contribution in [0.3, 0.4) is 0 Å². The van der Waals surface area contributed by atoms with Crippen molar-refractivity contribution in [1.29, 1.82) is 0 Å². The van der Waals surface area contributed by atoms with Gasteiger partial charge in [0.05, 0.1) is 17.3 Å². The Labute approximate surface area is 172 Å². The molecular formula is C22H23FN6O. The predicted octanol–water partition coefficient (Wildman–Crippen LogP) is 4.10. The van der Waals surface area contributed by atoms with E-state index in [1.807, 2.05) is 0 Å². The van der Waals surface area contributed by atoms with Crippen LogP contribution in [0, 0.1) is 5.82 Å². The van der Waals surface area contributed by atoms with Gasteiger partial charge in [-0.3, -0.25) is 9.48 Å². The largest absolute Gasteiger partial charge is 0.347 e. The van der Waals surface area contributed by atoms with Gasteiger partial charge >= 0.3 is 0 Å². The van der Waals surface area contributed by atoms with Crippen molar-refractivity contribution in [3.63, 3.8) is 0 Å². The van der Waals surface area contributed by atoms with Crippen molar-refractivity contribution in [2.75, 3.05) is 0 Å². The van der Waals surface area contributed by atoms with E-state index in [4.69, 9.17) is 4.98 Å². The normalized spacial score (nSPS) is 16.2. The van der Waals surface area contributed by atoms with Crippen LogP contribution in [-0.2, 0) is 7.05 Å². The Morgan fingerprint density at radius 3 is 2.87 bits per heavy atom. The summed E-state index contributed by atoms with van der Waals surface area (Å²) in [5.41, 5.74) is 3.15. The topological polar surface area (TPSA) is 88.5 Å². The van der Waals surface area contributed by atoms with Crippen molar-refractivity contribution in [3.05, 3.63) is 42.0 Å². The number of amides is 1. The van der Waals surface area contributed by atoms with E-state index in [0.29, 0.717) is 33.6 Å². The zero-order valence-corrected chi connectivity index (χ0v) is 17.0. The number of nitrogens with one attached hydrogen (secondary N) is 2. The molecule has 0 spiro atoms. The lowest BCUT2D eigenvalue weighted by Crippen LogP contribution is -2.47. The van der Waals surface area contributed by atoms with E-state index in [1.165, 1.54) is 18.6 Å². The number of nitrogens with zero attached hydrogens (tertiary/aromatic N) is 4. The van der Waals surface area contributed by atoms with Crippen LogP contribution in [0.5, 0.6) is 0 Å². The van der Waals surface area contributed by atoms with Crippen LogP contribution in [0.15, 0.2) is 30.6 Å². The summed E-state index contributed by atoms with van der Waals surface area (Å²) in [5.74, 6) is -0.468. The molecule has 1 aromatic carbocycles. The Balaban J connectivity index is 1.55. The monoisotopic (exact) mass is 406 g/mol. The molecule has 1 saturated carbocycles. The summed E-state index contributed by atoms with van der Waals surface area (Å²) in [6.07, 6.45) is 8.71. The van der Waals surface area contributed by atoms with Crippen LogP contribution >= 0.6 is 0 Å². The second-order valence-electron chi connectivity index (χ2n) is 8.36. The molecule has 2 N–H and O–H groups in total. The highest BCUT2D eigenvalue weighted by atomic mass is 19.1. The van der Waals surface area contributed by atoms with Gasteiger partial charge in [0.2, 0.25) is 0 Å². The molecule has 0 bridgehead atoms. The molecule has 3 aromatic heterocycles. The smallest absolute Gasteiger partial charge is 0.255 e. The highest BCUT2D eigenvalue weighted by Crippen LogP contribution is 2.30. The first-order valence-electron chi connectivity index (χ1n) is 10.2. The summed E-state index contributed by atoms with van der Waals surface area (Å²) in [5, 5.41) is 8.49. The summed E-state index contributed by atoms with van der Waals surface area (Å²) < 4.78 is 15.3. The molecular weight excluding hydrogens is 383 g/mol. The Hall–Kier alpha value is -3.29. The third kappa shape index (κ3) is 3.12. The molecule has 0 radical (unpaired) electrons. The van der Waals surface area contributed by atoms with E-state index in [1.54, 1.807) is 30.2 Å². The van der Waals surface area contributed by atoms with Gasteiger partial charge < -0.3 is 10.3 Å². The van der Waals surface area contributed by atoms with Crippen LogP contribution in [-0.4, -0.2) is 36.2 Å². The van der Waals surface area contributed by atoms with E-state index in [0.717, 1.165) is 31.1 Å². The van der Waals surface area contributed by atoms with Crippen LogP contribution in [0.1, 0.15) is 49.4 Å². The number of fused-ring (bicyclic) bond motifs is 2. The highest BCUT2D eigenvalue weighted by molar-refractivity contribution is 6.05. The zero-order valence-electron chi connectivity index (χ0n) is 17.0. The minimum atomic E-state index is -0.320. The minimum Gasteiger partial charge on any atom is -0.347 e. The molecule has 1 fully saturated rings. The lowest BCUT2D eigenvalue weighted by atomic mass is 9.83. The quantitative estimate of drug-likeness (QED) is 0.536. The van der Waals surface area contributed by atoms with Crippen LogP contribution < -0.4 is 5.32 Å². The number of aryl methyl sites for hydroxylation is 1. The Bertz CT molecular complexity index is 1270. The Morgan fingerprint density at radius 2 is 2.07 bits per heavy atom. The second kappa shape index (κ2) is 6.90. The van der Waals surface area contributed by atoms with Crippen LogP contribution in [0.25, 0.3) is 33.5 Å². The number of aromatic nitrogens is 5. The number of aromatic amines is 1. The van der Waals surface area contributed by atoms with Gasteiger partial charge in [0.1, 0.15) is 22.7 Å². The first-order chi connectivity index (χ1) is 14.4. The molecule has 1 aliphatic carbocycles. The van der Waals surface area contributed by atoms with Crippen molar-refractivity contribution in [1.82, 2.24) is 30.0 Å². The standard InChI is InChI=1S/C22H23FN6O/c1-22(8-4-3-5-9-22)27-21(30)15-11-24-20-19(15)26-16(12-25-20)18-14-7-6-13(23)10-17(14)29(2)28-18/h6-7,10-12H,3-5,8-9H2,1-2H3,(H,24,25)(H,27,30). The van der Waals surface area contributed by atoms with Gasteiger partial charge in [-0.15, -0.1) is 0 Å². The number of hydrogen-bond acceptors (Lipinski definition) is 4. The van der Waals surface area contributed by atoms with Gasteiger partial charge in [-0.1, -0.05) is 19.3 Å². The molecule has 0 unspecified atom stereocenters. The fourth-order valence-electron chi connectivity index (χ4n) is 4.40. The summed E-state index contributed by atoms with van der Waals surface area (Å²) >= 11 is 0. The molecule has 0 saturated heterocycles. The average Bonchev–Trinajstić information content (AvgIpc) is 3.29. The van der Waals surface area contributed by atoms with Crippen molar-refractivity contribution in [2.24, 2.45) is 7.05 Å². The lowest BCUT2D eigenvalue weighted by Gasteiger charge is -2.34. The molecule has 8 heteroatoms. The molecule has 154 valence electrons. The minimum absolute atomic E-state index is 0.148. The number of benzene rings is 1. The van der Waals surface area contributed by atoms with Crippen molar-refractivity contribution >= 4 is 28.0 Å². The van der Waals surface area contributed by atoms with Crippen molar-refractivity contribution < 1.29 is 9.18 Å². The molecule has 1 aliphatic rings. The summed E-state index contributed by atoms with van der Waals surface area (Å²) in [6, 6.07) is 4.53. The fourth-order valence-corrected chi connectivity index (χ4v) is 4.40. The number of halogens is 1. The predicted molar refractivity (Wildman–Crippen MR) is 113 cm³/mol. The highest BCUT2D eigenvalue weighted by Gasteiger charge is 2.30. The molecule has 5 rings (SSSR count). The van der Waals surface area contributed by atoms with E-state index in [-0.39, 0.29) is 17.3 Å². The second-order valence-corrected chi connectivity index (χ2v) is 8.36. The van der Waals surface area contributed by atoms with Gasteiger partial charge in [-0.05, 0) is 38.0 Å². The SMILES string of the molecule is Cn1nc(-c2cnc3[nH]cc(C(=O)NC4(C)CCCCC4)c3n2)c2ccc(F)cc21. The number of hydrogen-bond donors (Lipinski definition) is 2. The fraction of sp³-hybridized carbons (Fsp3) is 0.364. The van der Waals surface area contributed by atoms with Gasteiger partial charge in [0.15, 0.2) is 5.65 Å². The van der Waals surface area contributed by atoms with Gasteiger partial charge in [-0.2, -0.15) is 5.10 Å². The Kier molecular flexibility index (Phi) is 4.30. The van der Waals surface area contributed by atoms with E-state index in [2.05, 4.69) is 27.3 Å². The average molecular weight is 406 g/mol. The van der Waals surface area contributed by atoms with E-state index < -0.39 is 0 Å². The molecule has 3 heterocycles. The number of carbonyl (C=O) groups is 1. The maximum absolute atomic E-state index is 13.6. The van der Waals surface area contributed by atoms with Crippen molar-refractivity contribution in [3.8, 4) is 11.4 Å². The number of rotatable bonds is 3. The van der Waals surface area contributed by atoms with Crippen LogP contribution in [0.4, 0.5) is 4.39 Å². The molecule has 0 aliphatic heterocycles. The third-order valence-electron chi connectivity index (χ3n) is 6.05. The molecule has 1 amide bonds. The summed E-state index contributed by atoms with van der Waals surface area (Å²) in [6.45, 7) is 2.11. The lowest BCUT2D eigenvalue weighted by molar-refractivity contribution is 0.0884. The molecule has 7 nitrogen and oxygen atoms in total. The maximum Gasteiger partial charge on any atom is 0.255 e. The van der Waals surface area contributed by atoms with E-state index >= 15 is 0 Å². The van der Waals surface area contributed by atoms with Crippen molar-refractivity contribution in [2.45, 2.75) is 44.6 Å². The van der Waals surface area contributed by atoms with Gasteiger partial charge in [0, 0.05) is 24.2 Å². The summed E-state index contributed by atoms with van der Waals surface area (Å²) in [4.78, 5) is 25.2. The first kappa shape index (κ1) is 18.7. The Morgan fingerprint density at radius 1 is 1.27 bits per heavy atom. The summed E-state index contributed by atoms with van der Waals surface area (Å²) in [7, 11) is 1.76. The molecule has 30 heavy (non-hydrogen) atoms. The van der Waals surface area contributed by atoms with Crippen LogP contribution in [0.2, 0.25) is 0 Å². The van der Waals surface area contributed by atoms with E-state index in [9.17, 15) is 9.18 Å². The first-order valence-corrected chi connectivity index (χ1v) is 10.2. The zero-order chi connectivity index (χ0) is 20.9.